The van der Waals surface area contributed by atoms with Crippen molar-refractivity contribution in [1.29, 1.82) is 0 Å². The van der Waals surface area contributed by atoms with E-state index < -0.39 is 10.1 Å². The first kappa shape index (κ1) is 15.7. The Morgan fingerprint density at radius 1 is 1.20 bits per heavy atom. The second-order valence-corrected chi connectivity index (χ2v) is 5.17. The maximum absolute atomic E-state index is 10.5. The molecule has 1 aromatic rings. The van der Waals surface area contributed by atoms with Crippen molar-refractivity contribution in [1.82, 2.24) is 0 Å². The van der Waals surface area contributed by atoms with Gasteiger partial charge in [0.2, 0.25) is 0 Å². The van der Waals surface area contributed by atoms with Crippen molar-refractivity contribution in [2.24, 2.45) is 0 Å². The Kier molecular flexibility index (Phi) is 6.75. The first-order valence-electron chi connectivity index (χ1n) is 3.77. The fourth-order valence-corrected chi connectivity index (χ4v) is 1.76. The summed E-state index contributed by atoms with van der Waals surface area (Å²) in [5.41, 5.74) is 0.719. The molecule has 0 aromatic heterocycles. The average molecular weight is 279 g/mol. The molecule has 0 bridgehead atoms. The molecule has 0 aliphatic rings. The Morgan fingerprint density at radius 2 is 1.80 bits per heavy atom. The van der Waals surface area contributed by atoms with Crippen molar-refractivity contribution in [3.8, 4) is 0 Å². The first-order valence-corrected chi connectivity index (χ1v) is 6.14. The monoisotopic (exact) mass is 278 g/mol. The summed E-state index contributed by atoms with van der Waals surface area (Å²) in [5.74, 6) is -0.315. The molecule has 3 nitrogen and oxygen atoms in total. The third kappa shape index (κ3) is 6.12. The van der Waals surface area contributed by atoms with Gasteiger partial charge >= 0.3 is 29.6 Å². The Bertz CT molecular complexity index is 434. The van der Waals surface area contributed by atoms with Crippen LogP contribution in [0.5, 0.6) is 0 Å². The molecule has 1 rings (SSSR count). The number of halogens is 2. The quantitative estimate of drug-likeness (QED) is 0.677. The fraction of sp³-hybridized carbons (Fsp3) is 0.250. The predicted octanol–water partition coefficient (Wildman–Crippen LogP) is 1.78. The van der Waals surface area contributed by atoms with Gasteiger partial charge < -0.3 is 0 Å². The van der Waals surface area contributed by atoms with Gasteiger partial charge in [0, 0.05) is 0 Å². The van der Waals surface area contributed by atoms with E-state index >= 15 is 0 Å². The van der Waals surface area contributed by atoms with Crippen LogP contribution in [0.3, 0.4) is 0 Å². The van der Waals surface area contributed by atoms with Crippen molar-refractivity contribution in [2.45, 2.75) is 6.42 Å². The molecule has 0 fully saturated rings. The van der Waals surface area contributed by atoms with Crippen molar-refractivity contribution in [3.63, 3.8) is 0 Å². The van der Waals surface area contributed by atoms with Crippen LogP contribution in [-0.4, -0.2) is 48.3 Å². The molecule has 0 spiro atoms. The molecular weight excluding hydrogens is 270 g/mol. The second-order valence-electron chi connectivity index (χ2n) is 2.78. The molecule has 7 heteroatoms. The maximum atomic E-state index is 10.5. The van der Waals surface area contributed by atoms with Crippen LogP contribution >= 0.6 is 23.2 Å². The van der Waals surface area contributed by atoms with Gasteiger partial charge in [0.25, 0.3) is 10.1 Å². The molecule has 0 amide bonds. The summed E-state index contributed by atoms with van der Waals surface area (Å²) in [7, 11) is -3.92. The molecule has 1 aromatic carbocycles. The van der Waals surface area contributed by atoms with E-state index in [9.17, 15) is 8.42 Å². The summed E-state index contributed by atoms with van der Waals surface area (Å²) in [6.07, 6.45) is 0.218. The zero-order valence-electron chi connectivity index (χ0n) is 7.07. The van der Waals surface area contributed by atoms with Crippen molar-refractivity contribution < 1.29 is 13.0 Å². The minimum absolute atomic E-state index is 0. The molecule has 0 saturated carbocycles. The molecule has 0 saturated heterocycles. The van der Waals surface area contributed by atoms with E-state index in [0.29, 0.717) is 10.0 Å². The van der Waals surface area contributed by atoms with Gasteiger partial charge in [-0.2, -0.15) is 8.42 Å². The zero-order chi connectivity index (χ0) is 10.8. The summed E-state index contributed by atoms with van der Waals surface area (Å²) in [4.78, 5) is 0. The van der Waals surface area contributed by atoms with E-state index in [2.05, 4.69) is 0 Å². The Morgan fingerprint density at radius 3 is 2.27 bits per heavy atom. The van der Waals surface area contributed by atoms with E-state index in [0.717, 1.165) is 5.56 Å². The molecular formula is C8H9Cl2NaO3S. The minimum atomic E-state index is -3.92. The van der Waals surface area contributed by atoms with Gasteiger partial charge in [0.15, 0.2) is 0 Å². The molecule has 15 heavy (non-hydrogen) atoms. The Labute approximate surface area is 121 Å². The zero-order valence-corrected chi connectivity index (χ0v) is 9.40. The normalized spacial score (nSPS) is 10.9. The molecule has 0 atom stereocenters. The van der Waals surface area contributed by atoms with Crippen LogP contribution in [0.25, 0.3) is 0 Å². The van der Waals surface area contributed by atoms with Crippen molar-refractivity contribution in [2.75, 3.05) is 5.75 Å². The van der Waals surface area contributed by atoms with Crippen LogP contribution in [0.2, 0.25) is 10.0 Å². The molecule has 0 unspecified atom stereocenters. The van der Waals surface area contributed by atoms with Gasteiger partial charge in [-0.05, 0) is 24.1 Å². The van der Waals surface area contributed by atoms with Gasteiger partial charge in [-0.15, -0.1) is 0 Å². The van der Waals surface area contributed by atoms with Gasteiger partial charge in [0.05, 0.1) is 15.8 Å². The number of benzene rings is 1. The van der Waals surface area contributed by atoms with Crippen LogP contribution in [-0.2, 0) is 16.5 Å². The standard InChI is InChI=1S/C8H8Cl2O3S.Na.H/c9-7-2-1-6(5-8(7)10)3-4-14(11,12)13;;/h1-2,5H,3-4H2,(H,11,12,13);;. The molecule has 80 valence electrons. The Hall–Kier alpha value is 0.710. The van der Waals surface area contributed by atoms with Crippen LogP contribution < -0.4 is 0 Å². The summed E-state index contributed by atoms with van der Waals surface area (Å²) in [6.45, 7) is 0. The fourth-order valence-electron chi connectivity index (χ4n) is 0.942. The van der Waals surface area contributed by atoms with Crippen LogP contribution in [0, 0.1) is 0 Å². The molecule has 0 aliphatic carbocycles. The molecule has 1 N–H and O–H groups in total. The van der Waals surface area contributed by atoms with E-state index in [1.54, 1.807) is 18.2 Å². The summed E-state index contributed by atoms with van der Waals surface area (Å²) < 4.78 is 29.4. The van der Waals surface area contributed by atoms with Gasteiger partial charge in [-0.1, -0.05) is 29.3 Å². The summed E-state index contributed by atoms with van der Waals surface area (Å²) in [5, 5.41) is 0.793. The van der Waals surface area contributed by atoms with E-state index in [4.69, 9.17) is 27.8 Å². The number of hydrogen-bond acceptors (Lipinski definition) is 2. The Balaban J connectivity index is 0.00000196. The molecule has 0 heterocycles. The number of aryl methyl sites for hydroxylation is 1. The van der Waals surface area contributed by atoms with Crippen LogP contribution in [0.15, 0.2) is 18.2 Å². The second kappa shape index (κ2) is 6.45. The topological polar surface area (TPSA) is 54.4 Å². The van der Waals surface area contributed by atoms with E-state index in [-0.39, 0.29) is 41.7 Å². The third-order valence-electron chi connectivity index (χ3n) is 1.63. The van der Waals surface area contributed by atoms with Gasteiger partial charge in [-0.3, -0.25) is 4.55 Å². The number of rotatable bonds is 3. The van der Waals surface area contributed by atoms with Crippen molar-refractivity contribution >= 4 is 62.9 Å². The van der Waals surface area contributed by atoms with E-state index in [1.165, 1.54) is 0 Å². The first-order chi connectivity index (χ1) is 6.38. The average Bonchev–Trinajstić information content (AvgIpc) is 2.06. The SMILES string of the molecule is O=S(=O)(O)CCc1ccc(Cl)c(Cl)c1.[NaH]. The third-order valence-corrected chi connectivity index (χ3v) is 3.09. The molecule has 0 aliphatic heterocycles. The van der Waals surface area contributed by atoms with Crippen LogP contribution in [0.4, 0.5) is 0 Å². The van der Waals surface area contributed by atoms with Crippen molar-refractivity contribution in [3.05, 3.63) is 33.8 Å². The summed E-state index contributed by atoms with van der Waals surface area (Å²) >= 11 is 11.4. The number of hydrogen-bond donors (Lipinski definition) is 1. The predicted molar refractivity (Wildman–Crippen MR) is 63.7 cm³/mol. The van der Waals surface area contributed by atoms with Gasteiger partial charge in [-0.25, -0.2) is 0 Å². The molecule has 0 radical (unpaired) electrons. The summed E-state index contributed by atoms with van der Waals surface area (Å²) in [6, 6.07) is 4.83. The van der Waals surface area contributed by atoms with Crippen LogP contribution in [0.1, 0.15) is 5.56 Å². The van der Waals surface area contributed by atoms with Gasteiger partial charge in [0.1, 0.15) is 0 Å². The van der Waals surface area contributed by atoms with E-state index in [1.807, 2.05) is 0 Å².